The molecule has 5 nitrogen and oxygen atoms in total. The van der Waals surface area contributed by atoms with Crippen molar-refractivity contribution >= 4 is 29.3 Å². The van der Waals surface area contributed by atoms with Crippen LogP contribution >= 0.6 is 11.8 Å². The molecule has 108 valence electrons. The van der Waals surface area contributed by atoms with Crippen LogP contribution in [0.2, 0.25) is 0 Å². The predicted octanol–water partition coefficient (Wildman–Crippen LogP) is 1.68. The average Bonchev–Trinajstić information content (AvgIpc) is 2.46. The van der Waals surface area contributed by atoms with Crippen LogP contribution in [0, 0.1) is 5.92 Å². The number of nitrogen functional groups attached to an aromatic ring is 1. The fraction of sp³-hybridized carbons (Fsp3) is 0.429. The summed E-state index contributed by atoms with van der Waals surface area (Å²) in [7, 11) is 0. The summed E-state index contributed by atoms with van der Waals surface area (Å²) in [4.78, 5) is 25.6. The highest BCUT2D eigenvalue weighted by molar-refractivity contribution is 8.00. The van der Waals surface area contributed by atoms with E-state index in [0.717, 1.165) is 4.90 Å². The Morgan fingerprint density at radius 2 is 1.95 bits per heavy atom. The van der Waals surface area contributed by atoms with Crippen molar-refractivity contribution in [1.29, 1.82) is 0 Å². The number of likely N-dealkylation sites (tertiary alicyclic amines) is 1. The molecule has 1 amide bonds. The molecular weight excluding hydrogens is 276 g/mol. The number of benzene rings is 1. The third-order valence-corrected chi connectivity index (χ3v) is 4.54. The Kier molecular flexibility index (Phi) is 4.89. The Morgan fingerprint density at radius 3 is 2.55 bits per heavy atom. The van der Waals surface area contributed by atoms with Crippen molar-refractivity contribution in [3.63, 3.8) is 0 Å². The summed E-state index contributed by atoms with van der Waals surface area (Å²) in [6.45, 7) is 1.06. The van der Waals surface area contributed by atoms with Crippen LogP contribution < -0.4 is 5.73 Å². The number of piperidine rings is 1. The fourth-order valence-corrected chi connectivity index (χ4v) is 3.09. The van der Waals surface area contributed by atoms with Crippen molar-refractivity contribution in [2.75, 3.05) is 24.6 Å². The van der Waals surface area contributed by atoms with Gasteiger partial charge in [-0.05, 0) is 25.0 Å². The first-order chi connectivity index (χ1) is 9.58. The van der Waals surface area contributed by atoms with E-state index in [1.807, 2.05) is 24.3 Å². The van der Waals surface area contributed by atoms with Crippen LogP contribution in [0.5, 0.6) is 0 Å². The summed E-state index contributed by atoms with van der Waals surface area (Å²) in [6.07, 6.45) is 1.08. The molecule has 2 rings (SSSR count). The third kappa shape index (κ3) is 3.66. The number of hydrogen-bond acceptors (Lipinski definition) is 4. The highest BCUT2D eigenvalue weighted by Crippen LogP contribution is 2.25. The van der Waals surface area contributed by atoms with Crippen LogP contribution in [0.4, 0.5) is 5.69 Å². The number of carbonyl (C=O) groups is 2. The lowest BCUT2D eigenvalue weighted by molar-refractivity contribution is -0.145. The number of nitrogens with two attached hydrogens (primary N) is 1. The van der Waals surface area contributed by atoms with Gasteiger partial charge in [-0.1, -0.05) is 12.1 Å². The van der Waals surface area contributed by atoms with Crippen LogP contribution in [0.3, 0.4) is 0 Å². The van der Waals surface area contributed by atoms with Gasteiger partial charge < -0.3 is 15.7 Å². The molecule has 20 heavy (non-hydrogen) atoms. The molecule has 1 fully saturated rings. The van der Waals surface area contributed by atoms with E-state index >= 15 is 0 Å². The minimum atomic E-state index is -0.761. The zero-order valence-corrected chi connectivity index (χ0v) is 11.9. The van der Waals surface area contributed by atoms with Crippen molar-refractivity contribution in [2.24, 2.45) is 5.92 Å². The number of anilines is 1. The number of carbonyl (C=O) groups excluding carboxylic acids is 1. The number of nitrogens with zero attached hydrogens (tertiary/aromatic N) is 1. The van der Waals surface area contributed by atoms with Crippen LogP contribution in [-0.4, -0.2) is 40.7 Å². The molecule has 0 spiro atoms. The lowest BCUT2D eigenvalue weighted by Gasteiger charge is -2.30. The van der Waals surface area contributed by atoms with Crippen molar-refractivity contribution in [2.45, 2.75) is 17.7 Å². The molecule has 3 N–H and O–H groups in total. The molecule has 0 radical (unpaired) electrons. The maximum Gasteiger partial charge on any atom is 0.306 e. The molecule has 1 aromatic carbocycles. The number of para-hydroxylation sites is 1. The van der Waals surface area contributed by atoms with E-state index < -0.39 is 5.97 Å². The Bertz CT molecular complexity index is 499. The Labute approximate surface area is 122 Å². The lowest BCUT2D eigenvalue weighted by Crippen LogP contribution is -2.41. The maximum atomic E-state index is 12.1. The largest absolute Gasteiger partial charge is 0.481 e. The number of aliphatic carboxylic acids is 1. The second-order valence-electron chi connectivity index (χ2n) is 4.82. The molecule has 1 heterocycles. The molecule has 0 aliphatic carbocycles. The van der Waals surface area contributed by atoms with Crippen molar-refractivity contribution < 1.29 is 14.7 Å². The van der Waals surface area contributed by atoms with E-state index in [0.29, 0.717) is 37.4 Å². The standard InChI is InChI=1S/C14H18N2O3S/c15-11-3-1-2-4-12(11)20-9-13(17)16-7-5-10(6-8-16)14(18)19/h1-4,10H,5-9,15H2,(H,18,19). The minimum absolute atomic E-state index is 0.0436. The Hall–Kier alpha value is -1.69. The van der Waals surface area contributed by atoms with Gasteiger partial charge in [0.15, 0.2) is 0 Å². The van der Waals surface area contributed by atoms with Crippen LogP contribution in [0.1, 0.15) is 12.8 Å². The molecule has 1 aliphatic heterocycles. The van der Waals surface area contributed by atoms with Gasteiger partial charge in [-0.2, -0.15) is 0 Å². The zero-order valence-electron chi connectivity index (χ0n) is 11.1. The van der Waals surface area contributed by atoms with Crippen LogP contribution in [0.15, 0.2) is 29.2 Å². The Balaban J connectivity index is 1.82. The summed E-state index contributed by atoms with van der Waals surface area (Å²) in [6, 6.07) is 7.45. The van der Waals surface area contributed by atoms with Gasteiger partial charge in [0, 0.05) is 23.7 Å². The maximum absolute atomic E-state index is 12.1. The smallest absolute Gasteiger partial charge is 0.306 e. The average molecular weight is 294 g/mol. The first-order valence-corrected chi connectivity index (χ1v) is 7.54. The van der Waals surface area contributed by atoms with Gasteiger partial charge in [0.25, 0.3) is 0 Å². The molecule has 1 saturated heterocycles. The van der Waals surface area contributed by atoms with Crippen LogP contribution in [-0.2, 0) is 9.59 Å². The summed E-state index contributed by atoms with van der Waals surface area (Å²) in [5.74, 6) is -0.687. The SMILES string of the molecule is Nc1ccccc1SCC(=O)N1CCC(C(=O)O)CC1. The molecule has 0 unspecified atom stereocenters. The number of amides is 1. The highest BCUT2D eigenvalue weighted by Gasteiger charge is 2.26. The first-order valence-electron chi connectivity index (χ1n) is 6.56. The van der Waals surface area contributed by atoms with Gasteiger partial charge in [-0.3, -0.25) is 9.59 Å². The van der Waals surface area contributed by atoms with E-state index in [2.05, 4.69) is 0 Å². The van der Waals surface area contributed by atoms with Gasteiger partial charge in [0.05, 0.1) is 11.7 Å². The van der Waals surface area contributed by atoms with Crippen molar-refractivity contribution in [1.82, 2.24) is 4.90 Å². The molecule has 0 saturated carbocycles. The quantitative estimate of drug-likeness (QED) is 0.652. The van der Waals surface area contributed by atoms with Gasteiger partial charge in [-0.25, -0.2) is 0 Å². The van der Waals surface area contributed by atoms with Crippen molar-refractivity contribution in [3.05, 3.63) is 24.3 Å². The lowest BCUT2D eigenvalue weighted by atomic mass is 9.97. The number of carboxylic acids is 1. The van der Waals surface area contributed by atoms with Gasteiger partial charge in [0.2, 0.25) is 5.91 Å². The molecule has 0 bridgehead atoms. The number of thioether (sulfide) groups is 1. The summed E-state index contributed by atoms with van der Waals surface area (Å²) in [5, 5.41) is 8.92. The molecule has 1 aliphatic rings. The van der Waals surface area contributed by atoms with Gasteiger partial charge in [0.1, 0.15) is 0 Å². The van der Waals surface area contributed by atoms with Gasteiger partial charge in [-0.15, -0.1) is 11.8 Å². The van der Waals surface area contributed by atoms with Gasteiger partial charge >= 0.3 is 5.97 Å². The summed E-state index contributed by atoms with van der Waals surface area (Å²) < 4.78 is 0. The molecular formula is C14H18N2O3S. The number of rotatable bonds is 4. The molecule has 0 atom stereocenters. The minimum Gasteiger partial charge on any atom is -0.481 e. The second kappa shape index (κ2) is 6.65. The zero-order chi connectivity index (χ0) is 14.5. The topological polar surface area (TPSA) is 83.6 Å². The van der Waals surface area contributed by atoms with Crippen molar-refractivity contribution in [3.8, 4) is 0 Å². The van der Waals surface area contributed by atoms with E-state index in [1.54, 1.807) is 4.90 Å². The van der Waals surface area contributed by atoms with E-state index in [-0.39, 0.29) is 11.8 Å². The third-order valence-electron chi connectivity index (χ3n) is 3.47. The normalized spacial score (nSPS) is 16.1. The second-order valence-corrected chi connectivity index (χ2v) is 5.84. The molecule has 0 aromatic heterocycles. The Morgan fingerprint density at radius 1 is 1.30 bits per heavy atom. The highest BCUT2D eigenvalue weighted by atomic mass is 32.2. The fourth-order valence-electron chi connectivity index (χ4n) is 2.22. The van der Waals surface area contributed by atoms with E-state index in [1.165, 1.54) is 11.8 Å². The number of hydrogen-bond donors (Lipinski definition) is 2. The van der Waals surface area contributed by atoms with E-state index in [9.17, 15) is 9.59 Å². The molecule has 6 heteroatoms. The first kappa shape index (κ1) is 14.7. The molecule has 1 aromatic rings. The summed E-state index contributed by atoms with van der Waals surface area (Å²) in [5.41, 5.74) is 6.50. The monoisotopic (exact) mass is 294 g/mol. The predicted molar refractivity (Wildman–Crippen MR) is 78.5 cm³/mol. The van der Waals surface area contributed by atoms with E-state index in [4.69, 9.17) is 10.8 Å². The summed E-state index contributed by atoms with van der Waals surface area (Å²) >= 11 is 1.42. The van der Waals surface area contributed by atoms with Crippen LogP contribution in [0.25, 0.3) is 0 Å². The number of carboxylic acid groups (broad SMARTS) is 1.